The molecule has 1 aromatic carbocycles. The van der Waals surface area contributed by atoms with Gasteiger partial charge in [0.15, 0.2) is 10.9 Å². The Kier molecular flexibility index (Phi) is 6.39. The maximum atomic E-state index is 12.9. The van der Waals surface area contributed by atoms with Crippen molar-refractivity contribution in [2.24, 2.45) is 0 Å². The Bertz CT molecular complexity index is 1070. The highest BCUT2D eigenvalue weighted by Gasteiger charge is 2.18. The molecule has 28 heavy (non-hydrogen) atoms. The van der Waals surface area contributed by atoms with Crippen molar-refractivity contribution < 1.29 is 4.79 Å². The van der Waals surface area contributed by atoms with E-state index in [1.165, 1.54) is 11.8 Å². The minimum atomic E-state index is -0.0384. The van der Waals surface area contributed by atoms with E-state index in [0.717, 1.165) is 36.3 Å². The van der Waals surface area contributed by atoms with Gasteiger partial charge in [-0.15, -0.1) is 0 Å². The van der Waals surface area contributed by atoms with Crippen molar-refractivity contribution in [3.63, 3.8) is 0 Å². The Morgan fingerprint density at radius 2 is 1.75 bits per heavy atom. The first-order chi connectivity index (χ1) is 13.5. The van der Waals surface area contributed by atoms with Gasteiger partial charge in [-0.1, -0.05) is 37.7 Å². The lowest BCUT2D eigenvalue weighted by Gasteiger charge is -2.12. The Morgan fingerprint density at radius 3 is 2.46 bits per heavy atom. The number of para-hydroxylation sites is 1. The summed E-state index contributed by atoms with van der Waals surface area (Å²) in [5.41, 5.74) is 3.53. The summed E-state index contributed by atoms with van der Waals surface area (Å²) in [7, 11) is 0. The van der Waals surface area contributed by atoms with Gasteiger partial charge >= 0.3 is 0 Å². The average molecular weight is 398 g/mol. The van der Waals surface area contributed by atoms with Crippen molar-refractivity contribution >= 4 is 28.4 Å². The monoisotopic (exact) mass is 397 g/mol. The summed E-state index contributed by atoms with van der Waals surface area (Å²) in [4.78, 5) is 30.4. The zero-order chi connectivity index (χ0) is 20.3. The fraction of sp³-hybridized carbons (Fsp3) is 0.409. The van der Waals surface area contributed by atoms with Gasteiger partial charge in [-0.2, -0.15) is 0 Å². The lowest BCUT2D eigenvalue weighted by molar-refractivity contribution is 0.102. The van der Waals surface area contributed by atoms with E-state index < -0.39 is 0 Å². The molecule has 0 bridgehead atoms. The molecule has 0 saturated carbocycles. The number of hydrogen-bond donors (Lipinski definition) is 0. The number of benzene rings is 1. The largest absolute Gasteiger partial charge is 0.348 e. The van der Waals surface area contributed by atoms with Gasteiger partial charge in [0.25, 0.3) is 5.56 Å². The van der Waals surface area contributed by atoms with Crippen molar-refractivity contribution in [3.8, 4) is 0 Å². The molecule has 0 unspecified atom stereocenters. The SMILES string of the molecule is CCCn1c(C)cc(C(=O)CSc2nc3ccccc3c(=O)n2CCC)c1C. The lowest BCUT2D eigenvalue weighted by atomic mass is 10.2. The number of aryl methyl sites for hydroxylation is 1. The van der Waals surface area contributed by atoms with Gasteiger partial charge in [0.2, 0.25) is 0 Å². The molecule has 6 heteroatoms. The van der Waals surface area contributed by atoms with Crippen LogP contribution in [0.3, 0.4) is 0 Å². The number of aromatic nitrogens is 3. The Labute approximate surface area is 169 Å². The van der Waals surface area contributed by atoms with Crippen molar-refractivity contribution in [3.05, 3.63) is 57.6 Å². The number of carbonyl (C=O) groups excluding carboxylic acids is 1. The van der Waals surface area contributed by atoms with E-state index in [9.17, 15) is 9.59 Å². The van der Waals surface area contributed by atoms with Crippen LogP contribution in [0.15, 0.2) is 40.3 Å². The molecule has 0 N–H and O–H groups in total. The number of fused-ring (bicyclic) bond motifs is 1. The van der Waals surface area contributed by atoms with Crippen LogP contribution in [0, 0.1) is 13.8 Å². The second-order valence-electron chi connectivity index (χ2n) is 7.02. The van der Waals surface area contributed by atoms with Gasteiger partial charge in [-0.3, -0.25) is 14.2 Å². The van der Waals surface area contributed by atoms with Crippen molar-refractivity contribution in [2.45, 2.75) is 58.8 Å². The molecule has 3 rings (SSSR count). The summed E-state index contributed by atoms with van der Waals surface area (Å²) in [5, 5.41) is 1.23. The first-order valence-electron chi connectivity index (χ1n) is 9.80. The quantitative estimate of drug-likeness (QED) is 0.316. The summed E-state index contributed by atoms with van der Waals surface area (Å²) in [6, 6.07) is 9.35. The smallest absolute Gasteiger partial charge is 0.262 e. The molecular weight excluding hydrogens is 370 g/mol. The third-order valence-corrected chi connectivity index (χ3v) is 5.90. The molecule has 5 nitrogen and oxygen atoms in total. The zero-order valence-electron chi connectivity index (χ0n) is 17.0. The highest BCUT2D eigenvalue weighted by atomic mass is 32.2. The van der Waals surface area contributed by atoms with Crippen molar-refractivity contribution in [1.29, 1.82) is 0 Å². The highest BCUT2D eigenvalue weighted by Crippen LogP contribution is 2.22. The summed E-state index contributed by atoms with van der Waals surface area (Å²) < 4.78 is 3.89. The molecular formula is C22H27N3O2S. The highest BCUT2D eigenvalue weighted by molar-refractivity contribution is 7.99. The van der Waals surface area contributed by atoms with Crippen LogP contribution in [-0.4, -0.2) is 25.7 Å². The predicted molar refractivity (Wildman–Crippen MR) is 116 cm³/mol. The molecule has 0 radical (unpaired) electrons. The first-order valence-corrected chi connectivity index (χ1v) is 10.8. The average Bonchev–Trinajstić information content (AvgIpc) is 2.97. The predicted octanol–water partition coefficient (Wildman–Crippen LogP) is 4.61. The van der Waals surface area contributed by atoms with Crippen molar-refractivity contribution in [1.82, 2.24) is 14.1 Å². The molecule has 0 saturated heterocycles. The van der Waals surface area contributed by atoms with E-state index in [1.807, 2.05) is 45.0 Å². The summed E-state index contributed by atoms with van der Waals surface area (Å²) in [6.07, 6.45) is 1.86. The number of hydrogen-bond acceptors (Lipinski definition) is 4. The molecule has 0 aliphatic carbocycles. The maximum Gasteiger partial charge on any atom is 0.262 e. The molecule has 0 spiro atoms. The lowest BCUT2D eigenvalue weighted by Crippen LogP contribution is -2.23. The number of nitrogens with zero attached hydrogens (tertiary/aromatic N) is 3. The van der Waals surface area contributed by atoms with Gasteiger partial charge in [0, 0.05) is 30.0 Å². The molecule has 148 valence electrons. The first kappa shape index (κ1) is 20.4. The van der Waals surface area contributed by atoms with E-state index in [-0.39, 0.29) is 17.1 Å². The van der Waals surface area contributed by atoms with Gasteiger partial charge in [0.05, 0.1) is 16.7 Å². The van der Waals surface area contributed by atoms with Crippen LogP contribution in [0.2, 0.25) is 0 Å². The molecule has 2 heterocycles. The molecule has 0 fully saturated rings. The van der Waals surface area contributed by atoms with E-state index in [1.54, 1.807) is 10.6 Å². The van der Waals surface area contributed by atoms with E-state index in [2.05, 4.69) is 16.5 Å². The van der Waals surface area contributed by atoms with Crippen LogP contribution >= 0.6 is 11.8 Å². The molecule has 2 aromatic heterocycles. The summed E-state index contributed by atoms with van der Waals surface area (Å²) in [6.45, 7) is 9.72. The standard InChI is InChI=1S/C22H27N3O2S/c1-5-11-24-15(3)13-18(16(24)4)20(26)14-28-22-23-19-10-8-7-9-17(19)21(27)25(22)12-6-2/h7-10,13H,5-6,11-12,14H2,1-4H3. The second-order valence-corrected chi connectivity index (χ2v) is 7.96. The third kappa shape index (κ3) is 3.92. The van der Waals surface area contributed by atoms with Crippen LogP contribution in [0.4, 0.5) is 0 Å². The van der Waals surface area contributed by atoms with E-state index in [0.29, 0.717) is 22.6 Å². The molecule has 0 aliphatic rings. The van der Waals surface area contributed by atoms with Crippen LogP contribution in [0.25, 0.3) is 10.9 Å². The minimum absolute atomic E-state index is 0.0384. The van der Waals surface area contributed by atoms with Crippen LogP contribution < -0.4 is 5.56 Å². The van der Waals surface area contributed by atoms with Crippen LogP contribution in [-0.2, 0) is 13.1 Å². The normalized spacial score (nSPS) is 11.3. The Morgan fingerprint density at radius 1 is 1.07 bits per heavy atom. The van der Waals surface area contributed by atoms with E-state index in [4.69, 9.17) is 0 Å². The van der Waals surface area contributed by atoms with Crippen LogP contribution in [0.5, 0.6) is 0 Å². The number of carbonyl (C=O) groups is 1. The van der Waals surface area contributed by atoms with Gasteiger partial charge < -0.3 is 4.57 Å². The molecule has 3 aromatic rings. The summed E-state index contributed by atoms with van der Waals surface area (Å²) >= 11 is 1.35. The topological polar surface area (TPSA) is 56.9 Å². The van der Waals surface area contributed by atoms with E-state index >= 15 is 0 Å². The number of rotatable bonds is 8. The third-order valence-electron chi connectivity index (χ3n) is 4.93. The Hall–Kier alpha value is -2.34. The van der Waals surface area contributed by atoms with Gasteiger partial charge in [0.1, 0.15) is 0 Å². The minimum Gasteiger partial charge on any atom is -0.348 e. The van der Waals surface area contributed by atoms with Gasteiger partial charge in [-0.25, -0.2) is 4.98 Å². The molecule has 0 aliphatic heterocycles. The van der Waals surface area contributed by atoms with Crippen LogP contribution in [0.1, 0.15) is 48.4 Å². The fourth-order valence-electron chi connectivity index (χ4n) is 3.54. The Balaban J connectivity index is 1.89. The number of thioether (sulfide) groups is 1. The van der Waals surface area contributed by atoms with Crippen molar-refractivity contribution in [2.75, 3.05) is 5.75 Å². The summed E-state index contributed by atoms with van der Waals surface area (Å²) in [5.74, 6) is 0.344. The zero-order valence-corrected chi connectivity index (χ0v) is 17.8. The fourth-order valence-corrected chi connectivity index (χ4v) is 4.45. The van der Waals surface area contributed by atoms with Gasteiger partial charge in [-0.05, 0) is 44.9 Å². The maximum absolute atomic E-state index is 12.9. The second kappa shape index (κ2) is 8.78. The number of Topliss-reactive ketones (excluding diaryl/α,β-unsaturated/α-hetero) is 1. The molecule has 0 atom stereocenters. The molecule has 0 amide bonds. The number of ketones is 1.